The largest absolute Gasteiger partial charge is 0.325 e. The van der Waals surface area contributed by atoms with Crippen molar-refractivity contribution in [3.8, 4) is 17.1 Å². The van der Waals surface area contributed by atoms with Gasteiger partial charge in [0.05, 0.1) is 5.75 Å². The van der Waals surface area contributed by atoms with Gasteiger partial charge in [-0.1, -0.05) is 43.0 Å². The Kier molecular flexibility index (Phi) is 6.43. The summed E-state index contributed by atoms with van der Waals surface area (Å²) in [6.07, 6.45) is 4.44. The zero-order valence-corrected chi connectivity index (χ0v) is 18.3. The van der Waals surface area contributed by atoms with Gasteiger partial charge in [0.25, 0.3) is 0 Å². The molecule has 7 heteroatoms. The Morgan fingerprint density at radius 1 is 1.03 bits per heavy atom. The van der Waals surface area contributed by atoms with Crippen LogP contribution in [0.4, 0.5) is 5.69 Å². The first-order valence-electron chi connectivity index (χ1n) is 10.1. The van der Waals surface area contributed by atoms with Crippen LogP contribution in [0.25, 0.3) is 17.1 Å². The molecule has 0 aliphatic rings. The predicted octanol–water partition coefficient (Wildman–Crippen LogP) is 4.93. The number of nitrogens with one attached hydrogen (secondary N) is 1. The minimum absolute atomic E-state index is 0.0862. The van der Waals surface area contributed by atoms with E-state index < -0.39 is 0 Å². The molecule has 4 aromatic rings. The third kappa shape index (κ3) is 5.00. The molecule has 0 bridgehead atoms. The number of carbonyl (C=O) groups excluding carboxylic acids is 1. The molecular formula is C24H23N5OS. The fraction of sp³-hybridized carbons (Fsp3) is 0.167. The Morgan fingerprint density at radius 2 is 1.81 bits per heavy atom. The first-order valence-corrected chi connectivity index (χ1v) is 11.1. The molecule has 2 aromatic heterocycles. The van der Waals surface area contributed by atoms with Crippen molar-refractivity contribution in [2.24, 2.45) is 0 Å². The molecule has 4 rings (SSSR count). The minimum atomic E-state index is -0.0862. The van der Waals surface area contributed by atoms with E-state index >= 15 is 0 Å². The van der Waals surface area contributed by atoms with E-state index in [1.165, 1.54) is 17.3 Å². The van der Waals surface area contributed by atoms with Crippen molar-refractivity contribution < 1.29 is 4.79 Å². The molecule has 2 aromatic carbocycles. The molecule has 0 spiro atoms. The standard InChI is InChI=1S/C24H23N5OS/c1-3-18-7-9-21(10-8-18)29-23(19-11-13-25-14-12-19)27-28-24(29)31-16-22(30)26-20-6-4-5-17(2)15-20/h4-15H,3,16H2,1-2H3,(H,26,30). The van der Waals surface area contributed by atoms with Crippen LogP contribution in [0.3, 0.4) is 0 Å². The van der Waals surface area contributed by atoms with Gasteiger partial charge in [0.1, 0.15) is 0 Å². The van der Waals surface area contributed by atoms with Crippen LogP contribution in [0.5, 0.6) is 0 Å². The first-order chi connectivity index (χ1) is 15.1. The molecule has 0 saturated heterocycles. The van der Waals surface area contributed by atoms with E-state index in [4.69, 9.17) is 0 Å². The third-order valence-corrected chi connectivity index (χ3v) is 5.74. The van der Waals surface area contributed by atoms with Gasteiger partial charge in [0.2, 0.25) is 5.91 Å². The highest BCUT2D eigenvalue weighted by Gasteiger charge is 2.17. The lowest BCUT2D eigenvalue weighted by atomic mass is 10.1. The monoisotopic (exact) mass is 429 g/mol. The summed E-state index contributed by atoms with van der Waals surface area (Å²) in [5.41, 5.74) is 5.02. The second-order valence-corrected chi connectivity index (χ2v) is 8.05. The van der Waals surface area contributed by atoms with Gasteiger partial charge in [-0.3, -0.25) is 14.3 Å². The topological polar surface area (TPSA) is 72.7 Å². The highest BCUT2D eigenvalue weighted by atomic mass is 32.2. The molecule has 2 heterocycles. The summed E-state index contributed by atoms with van der Waals surface area (Å²) in [5.74, 6) is 0.861. The summed E-state index contributed by atoms with van der Waals surface area (Å²) in [6.45, 7) is 4.13. The van der Waals surface area contributed by atoms with E-state index in [0.717, 1.165) is 28.9 Å². The van der Waals surface area contributed by atoms with E-state index in [2.05, 4.69) is 51.7 Å². The number of aryl methyl sites for hydroxylation is 2. The van der Waals surface area contributed by atoms with Crippen molar-refractivity contribution in [2.75, 3.05) is 11.1 Å². The number of thioether (sulfide) groups is 1. The lowest BCUT2D eigenvalue weighted by molar-refractivity contribution is -0.113. The van der Waals surface area contributed by atoms with E-state index in [9.17, 15) is 4.79 Å². The number of hydrogen-bond donors (Lipinski definition) is 1. The van der Waals surface area contributed by atoms with Gasteiger partial charge in [-0.05, 0) is 60.9 Å². The Labute approximate surface area is 185 Å². The number of amides is 1. The van der Waals surface area contributed by atoms with E-state index in [0.29, 0.717) is 11.0 Å². The van der Waals surface area contributed by atoms with Crippen molar-refractivity contribution in [3.63, 3.8) is 0 Å². The molecular weight excluding hydrogens is 406 g/mol. The molecule has 0 aliphatic heterocycles. The molecule has 31 heavy (non-hydrogen) atoms. The number of rotatable bonds is 7. The molecule has 0 fully saturated rings. The SMILES string of the molecule is CCc1ccc(-n2c(SCC(=O)Nc3cccc(C)c3)nnc2-c2ccncc2)cc1. The maximum Gasteiger partial charge on any atom is 0.234 e. The van der Waals surface area contributed by atoms with E-state index in [1.54, 1.807) is 12.4 Å². The molecule has 0 atom stereocenters. The maximum absolute atomic E-state index is 12.5. The van der Waals surface area contributed by atoms with Crippen LogP contribution in [-0.2, 0) is 11.2 Å². The summed E-state index contributed by atoms with van der Waals surface area (Å²) in [7, 11) is 0. The number of aromatic nitrogens is 4. The normalized spacial score (nSPS) is 10.8. The summed E-state index contributed by atoms with van der Waals surface area (Å²) >= 11 is 1.36. The van der Waals surface area contributed by atoms with Crippen LogP contribution < -0.4 is 5.32 Å². The molecule has 1 amide bonds. The summed E-state index contributed by atoms with van der Waals surface area (Å²) in [5, 5.41) is 12.4. The molecule has 0 unspecified atom stereocenters. The van der Waals surface area contributed by atoms with Crippen LogP contribution in [0.1, 0.15) is 18.1 Å². The van der Waals surface area contributed by atoms with Crippen molar-refractivity contribution in [1.82, 2.24) is 19.7 Å². The second-order valence-electron chi connectivity index (χ2n) is 7.10. The van der Waals surface area contributed by atoms with Crippen LogP contribution in [0, 0.1) is 6.92 Å². The Bertz CT molecular complexity index is 1170. The van der Waals surface area contributed by atoms with Crippen LogP contribution in [0.15, 0.2) is 78.2 Å². The average molecular weight is 430 g/mol. The summed E-state index contributed by atoms with van der Waals surface area (Å²) in [4.78, 5) is 16.6. The molecule has 0 radical (unpaired) electrons. The van der Waals surface area contributed by atoms with E-state index in [1.807, 2.05) is 47.9 Å². The molecule has 156 valence electrons. The van der Waals surface area contributed by atoms with Crippen LogP contribution in [-0.4, -0.2) is 31.4 Å². The lowest BCUT2D eigenvalue weighted by Crippen LogP contribution is -2.14. The number of anilines is 1. The molecule has 0 saturated carbocycles. The predicted molar refractivity (Wildman–Crippen MR) is 125 cm³/mol. The highest BCUT2D eigenvalue weighted by molar-refractivity contribution is 7.99. The van der Waals surface area contributed by atoms with Crippen molar-refractivity contribution >= 4 is 23.4 Å². The quantitative estimate of drug-likeness (QED) is 0.422. The zero-order chi connectivity index (χ0) is 21.6. The minimum Gasteiger partial charge on any atom is -0.325 e. The lowest BCUT2D eigenvalue weighted by Gasteiger charge is -2.11. The van der Waals surface area contributed by atoms with Gasteiger partial charge >= 0.3 is 0 Å². The number of carbonyl (C=O) groups is 1. The number of hydrogen-bond acceptors (Lipinski definition) is 5. The smallest absolute Gasteiger partial charge is 0.234 e. The maximum atomic E-state index is 12.5. The second kappa shape index (κ2) is 9.57. The molecule has 0 aliphatic carbocycles. The number of pyridine rings is 1. The number of nitrogens with zero attached hydrogens (tertiary/aromatic N) is 4. The summed E-state index contributed by atoms with van der Waals surface area (Å²) in [6, 6.07) is 19.9. The van der Waals surface area contributed by atoms with Crippen molar-refractivity contribution in [3.05, 3.63) is 84.2 Å². The van der Waals surface area contributed by atoms with Gasteiger partial charge in [-0.2, -0.15) is 0 Å². The average Bonchev–Trinajstić information content (AvgIpc) is 3.22. The zero-order valence-electron chi connectivity index (χ0n) is 17.4. The van der Waals surface area contributed by atoms with Crippen molar-refractivity contribution in [2.45, 2.75) is 25.4 Å². The summed E-state index contributed by atoms with van der Waals surface area (Å²) < 4.78 is 1.99. The van der Waals surface area contributed by atoms with Gasteiger partial charge in [0, 0.05) is 29.3 Å². The fourth-order valence-electron chi connectivity index (χ4n) is 3.21. The van der Waals surface area contributed by atoms with Gasteiger partial charge in [0.15, 0.2) is 11.0 Å². The molecule has 1 N–H and O–H groups in total. The van der Waals surface area contributed by atoms with Gasteiger partial charge in [-0.15, -0.1) is 10.2 Å². The Balaban J connectivity index is 1.59. The Hall–Kier alpha value is -3.45. The van der Waals surface area contributed by atoms with E-state index in [-0.39, 0.29) is 11.7 Å². The number of benzene rings is 2. The third-order valence-electron chi connectivity index (χ3n) is 4.81. The van der Waals surface area contributed by atoms with Crippen LogP contribution >= 0.6 is 11.8 Å². The fourth-order valence-corrected chi connectivity index (χ4v) is 3.97. The van der Waals surface area contributed by atoms with Gasteiger partial charge in [-0.25, -0.2) is 0 Å². The molecule has 6 nitrogen and oxygen atoms in total. The van der Waals surface area contributed by atoms with Gasteiger partial charge < -0.3 is 5.32 Å². The highest BCUT2D eigenvalue weighted by Crippen LogP contribution is 2.28. The van der Waals surface area contributed by atoms with Crippen LogP contribution in [0.2, 0.25) is 0 Å². The van der Waals surface area contributed by atoms with Crippen molar-refractivity contribution in [1.29, 1.82) is 0 Å². The first kappa shape index (κ1) is 20.8. The Morgan fingerprint density at radius 3 is 2.52 bits per heavy atom.